The van der Waals surface area contributed by atoms with Crippen LogP contribution in [-0.2, 0) is 10.2 Å². The van der Waals surface area contributed by atoms with Crippen LogP contribution in [0.2, 0.25) is 0 Å². The van der Waals surface area contributed by atoms with E-state index in [2.05, 4.69) is 32.2 Å². The Bertz CT molecular complexity index is 1310. The van der Waals surface area contributed by atoms with E-state index >= 15 is 0 Å². The van der Waals surface area contributed by atoms with Crippen LogP contribution in [0.15, 0.2) is 48.5 Å². The minimum absolute atomic E-state index is 0.0149. The summed E-state index contributed by atoms with van der Waals surface area (Å²) < 4.78 is 19.9. The van der Waals surface area contributed by atoms with Crippen LogP contribution >= 0.6 is 0 Å². The van der Waals surface area contributed by atoms with Gasteiger partial charge in [0, 0.05) is 43.3 Å². The van der Waals surface area contributed by atoms with Crippen LogP contribution in [0.3, 0.4) is 0 Å². The first-order valence-corrected chi connectivity index (χ1v) is 15.8. The molecule has 0 aromatic heterocycles. The van der Waals surface area contributed by atoms with Gasteiger partial charge in [0.05, 0.1) is 18.7 Å². The van der Waals surface area contributed by atoms with E-state index < -0.39 is 11.7 Å². The quantitative estimate of drug-likeness (QED) is 0.455. The molecule has 3 heterocycles. The van der Waals surface area contributed by atoms with Gasteiger partial charge in [-0.15, -0.1) is 0 Å². The Labute approximate surface area is 254 Å². The number of ether oxygens (including phenoxy) is 1. The van der Waals surface area contributed by atoms with E-state index in [4.69, 9.17) is 10.00 Å². The number of anilines is 1. The zero-order valence-electron chi connectivity index (χ0n) is 25.2. The summed E-state index contributed by atoms with van der Waals surface area (Å²) in [4.78, 5) is 19.5. The number of nitriles is 1. The second-order valence-electron chi connectivity index (χ2n) is 13.2. The van der Waals surface area contributed by atoms with Crippen LogP contribution in [0.4, 0.5) is 14.9 Å². The Morgan fingerprint density at radius 3 is 2.44 bits per heavy atom. The van der Waals surface area contributed by atoms with Crippen molar-refractivity contribution in [2.45, 2.75) is 55.6 Å². The average Bonchev–Trinajstić information content (AvgIpc) is 3.44. The number of methoxy groups -OCH3 is 1. The van der Waals surface area contributed by atoms with E-state index in [1.165, 1.54) is 19.6 Å². The lowest BCUT2D eigenvalue weighted by atomic mass is 9.57. The van der Waals surface area contributed by atoms with Crippen LogP contribution in [-0.4, -0.2) is 92.1 Å². The van der Waals surface area contributed by atoms with Crippen LogP contribution in [0, 0.1) is 29.0 Å². The number of rotatable bonds is 9. The van der Waals surface area contributed by atoms with E-state index in [0.29, 0.717) is 31.1 Å². The number of nitrogens with one attached hydrogen (secondary N) is 1. The van der Waals surface area contributed by atoms with E-state index in [9.17, 15) is 14.3 Å². The number of likely N-dealkylation sites (tertiary alicyclic amines) is 2. The van der Waals surface area contributed by atoms with Gasteiger partial charge in [0.1, 0.15) is 11.4 Å². The van der Waals surface area contributed by atoms with Gasteiger partial charge < -0.3 is 29.9 Å². The Balaban J connectivity index is 1.19. The molecule has 4 fully saturated rings. The van der Waals surface area contributed by atoms with Gasteiger partial charge in [-0.3, -0.25) is 0 Å². The van der Waals surface area contributed by atoms with Crippen LogP contribution in [0.5, 0.6) is 0 Å². The summed E-state index contributed by atoms with van der Waals surface area (Å²) in [6, 6.07) is 16.9. The number of halogens is 1. The van der Waals surface area contributed by atoms with Gasteiger partial charge in [-0.2, -0.15) is 5.26 Å². The highest BCUT2D eigenvalue weighted by Crippen LogP contribution is 2.51. The van der Waals surface area contributed by atoms with Crippen molar-refractivity contribution in [1.82, 2.24) is 15.1 Å². The molecule has 3 atom stereocenters. The van der Waals surface area contributed by atoms with Gasteiger partial charge >= 0.3 is 6.09 Å². The number of carbonyl (C=O) groups excluding carboxylic acids is 1. The van der Waals surface area contributed by atoms with E-state index in [0.717, 1.165) is 76.1 Å². The van der Waals surface area contributed by atoms with Crippen molar-refractivity contribution in [3.63, 3.8) is 0 Å². The van der Waals surface area contributed by atoms with Gasteiger partial charge in [0.15, 0.2) is 0 Å². The Kier molecular flexibility index (Phi) is 8.63. The molecule has 43 heavy (non-hydrogen) atoms. The molecule has 0 bridgehead atoms. The smallest absolute Gasteiger partial charge is 0.407 e. The molecule has 1 saturated carbocycles. The van der Waals surface area contributed by atoms with Gasteiger partial charge in [0.2, 0.25) is 0 Å². The van der Waals surface area contributed by atoms with Gasteiger partial charge in [-0.1, -0.05) is 18.6 Å². The third kappa shape index (κ3) is 6.11. The molecule has 4 aliphatic rings. The minimum atomic E-state index is -0.765. The van der Waals surface area contributed by atoms with Crippen molar-refractivity contribution < 1.29 is 19.0 Å². The monoisotopic (exact) mass is 589 g/mol. The number of aliphatic hydroxyl groups is 1. The summed E-state index contributed by atoms with van der Waals surface area (Å²) in [6.45, 7) is 6.51. The third-order valence-electron chi connectivity index (χ3n) is 10.6. The summed E-state index contributed by atoms with van der Waals surface area (Å²) >= 11 is 0. The zero-order chi connectivity index (χ0) is 30.0. The molecule has 1 amide bonds. The lowest BCUT2D eigenvalue weighted by Gasteiger charge is -2.54. The molecular weight excluding hydrogens is 545 g/mol. The number of amides is 1. The first kappa shape index (κ1) is 29.9. The summed E-state index contributed by atoms with van der Waals surface area (Å²) in [5.74, 6) is 0.294. The molecule has 3 aliphatic heterocycles. The third-order valence-corrected chi connectivity index (χ3v) is 10.6. The second-order valence-corrected chi connectivity index (χ2v) is 13.2. The fourth-order valence-electron chi connectivity index (χ4n) is 8.45. The molecular formula is C34H44FN5O3. The number of alkyl carbamates (subject to hydrolysis) is 1. The highest BCUT2D eigenvalue weighted by molar-refractivity contribution is 5.67. The molecule has 0 radical (unpaired) electrons. The molecule has 2 aromatic rings. The van der Waals surface area contributed by atoms with Crippen LogP contribution in [0.25, 0.3) is 0 Å². The maximum atomic E-state index is 14.9. The molecule has 8 nitrogen and oxygen atoms in total. The summed E-state index contributed by atoms with van der Waals surface area (Å²) in [6.07, 6.45) is 5.63. The van der Waals surface area contributed by atoms with E-state index in [1.54, 1.807) is 6.07 Å². The largest absolute Gasteiger partial charge is 0.453 e. The molecule has 6 rings (SSSR count). The van der Waals surface area contributed by atoms with Crippen molar-refractivity contribution >= 4 is 11.8 Å². The molecule has 2 N–H and O–H groups in total. The predicted octanol–water partition coefficient (Wildman–Crippen LogP) is 4.13. The maximum Gasteiger partial charge on any atom is 0.407 e. The summed E-state index contributed by atoms with van der Waals surface area (Å²) in [5, 5.41) is 23.6. The van der Waals surface area contributed by atoms with E-state index in [-0.39, 0.29) is 23.2 Å². The fraction of sp³-hybridized carbons (Fsp3) is 0.588. The Hall–Kier alpha value is -3.19. The van der Waals surface area contributed by atoms with Crippen molar-refractivity contribution in [1.29, 1.82) is 5.26 Å². The van der Waals surface area contributed by atoms with Gasteiger partial charge in [0.25, 0.3) is 0 Å². The molecule has 0 spiro atoms. The number of carbonyl (C=O) groups is 1. The fourth-order valence-corrected chi connectivity index (χ4v) is 8.45. The number of piperidine rings is 1. The van der Waals surface area contributed by atoms with Gasteiger partial charge in [-0.25, -0.2) is 9.18 Å². The predicted molar refractivity (Wildman–Crippen MR) is 163 cm³/mol. The van der Waals surface area contributed by atoms with E-state index in [1.807, 2.05) is 30.3 Å². The van der Waals surface area contributed by atoms with Gasteiger partial charge in [-0.05, 0) is 112 Å². The number of β-amino-alcohol motifs (C(OH)–C–C–N with tert-alkyl or cyclic N) is 1. The van der Waals surface area contributed by atoms with Crippen molar-refractivity contribution in [2.75, 3.05) is 64.4 Å². The molecule has 2 aromatic carbocycles. The molecule has 0 unspecified atom stereocenters. The highest BCUT2D eigenvalue weighted by Gasteiger charge is 2.53. The second kappa shape index (κ2) is 12.4. The lowest BCUT2D eigenvalue weighted by molar-refractivity contribution is -0.0362. The lowest BCUT2D eigenvalue weighted by Crippen LogP contribution is -2.67. The molecule has 1 aliphatic carbocycles. The first-order valence-electron chi connectivity index (χ1n) is 15.8. The molecule has 3 saturated heterocycles. The average molecular weight is 590 g/mol. The highest BCUT2D eigenvalue weighted by atomic mass is 19.1. The molecule has 9 heteroatoms. The standard InChI is InChI=1S/C34H44FN5O3/c1-43-32(41)37-31-8-3-7-30(31)34(24-38-15-4-16-38,27-5-2-6-28(35)19-27)26-13-17-39(18-14-26)21-33(42)22-40(23-33)29-11-9-25(20-36)10-12-29/h2,5-6,9-12,19,26,30-31,42H,3-4,7-8,13-18,21-24H2,1H3,(H,37,41)/t30-,31-,34-/m0/s1. The van der Waals surface area contributed by atoms with Crippen LogP contribution in [0.1, 0.15) is 49.7 Å². The zero-order valence-corrected chi connectivity index (χ0v) is 25.2. The van der Waals surface area contributed by atoms with Crippen molar-refractivity contribution in [3.8, 4) is 6.07 Å². The topological polar surface area (TPSA) is 92.1 Å². The number of nitrogens with zero attached hydrogens (tertiary/aromatic N) is 4. The van der Waals surface area contributed by atoms with Crippen LogP contribution < -0.4 is 10.2 Å². The Morgan fingerprint density at radius 2 is 1.81 bits per heavy atom. The summed E-state index contributed by atoms with van der Waals surface area (Å²) in [5.41, 5.74) is 1.66. The number of benzene rings is 2. The number of hydrogen-bond donors (Lipinski definition) is 2. The maximum absolute atomic E-state index is 14.9. The summed E-state index contributed by atoms with van der Waals surface area (Å²) in [7, 11) is 1.41. The Morgan fingerprint density at radius 1 is 1.07 bits per heavy atom. The van der Waals surface area contributed by atoms with Crippen molar-refractivity contribution in [3.05, 3.63) is 65.5 Å². The normalized spacial score (nSPS) is 25.7. The minimum Gasteiger partial charge on any atom is -0.453 e. The molecule has 230 valence electrons. The SMILES string of the molecule is COC(=O)N[C@H]1CCC[C@@H]1[C@](CN1CCC1)(c1cccc(F)c1)C1CCN(CC2(O)CN(c3ccc(C#N)cc3)C2)CC1. The van der Waals surface area contributed by atoms with Crippen molar-refractivity contribution in [2.24, 2.45) is 11.8 Å². The number of hydrogen-bond acceptors (Lipinski definition) is 7. The first-order chi connectivity index (χ1) is 20.8.